The average Bonchev–Trinajstić information content (AvgIpc) is 3.38. The second-order valence-electron chi connectivity index (χ2n) is 7.99. The Labute approximate surface area is 186 Å². The first-order chi connectivity index (χ1) is 15.3. The minimum absolute atomic E-state index is 0.920. The Morgan fingerprint density at radius 2 is 1.35 bits per heavy atom. The lowest BCUT2D eigenvalue weighted by Gasteiger charge is -2.05. The predicted octanol–water partition coefficient (Wildman–Crippen LogP) is 8.80. The van der Waals surface area contributed by atoms with Crippen molar-refractivity contribution >= 4 is 70.4 Å². The maximum atomic E-state index is 6.40. The zero-order valence-corrected chi connectivity index (χ0v) is 18.0. The first kappa shape index (κ1) is 17.2. The number of para-hydroxylation sites is 1. The molecule has 146 valence electrons. The summed E-state index contributed by atoms with van der Waals surface area (Å²) in [5.74, 6) is 0. The molecule has 2 aromatic heterocycles. The van der Waals surface area contributed by atoms with E-state index in [1.807, 2.05) is 12.1 Å². The lowest BCUT2D eigenvalue weighted by atomic mass is 9.97. The number of benzene rings is 5. The summed E-state index contributed by atoms with van der Waals surface area (Å²) < 4.78 is 7.48. The second-order valence-corrected chi connectivity index (χ2v) is 8.91. The third-order valence-corrected chi connectivity index (χ3v) is 6.74. The van der Waals surface area contributed by atoms with E-state index in [2.05, 4.69) is 99.8 Å². The molecular formula is C28H16BrNO. The van der Waals surface area contributed by atoms with Gasteiger partial charge in [-0.25, -0.2) is 0 Å². The van der Waals surface area contributed by atoms with Crippen molar-refractivity contribution in [1.82, 2.24) is 4.98 Å². The van der Waals surface area contributed by atoms with Crippen LogP contribution in [-0.2, 0) is 0 Å². The summed E-state index contributed by atoms with van der Waals surface area (Å²) in [6.07, 6.45) is 0. The Morgan fingerprint density at radius 1 is 0.613 bits per heavy atom. The van der Waals surface area contributed by atoms with E-state index >= 15 is 0 Å². The van der Waals surface area contributed by atoms with Gasteiger partial charge in [-0.2, -0.15) is 0 Å². The van der Waals surface area contributed by atoms with E-state index in [1.54, 1.807) is 0 Å². The minimum atomic E-state index is 0.920. The van der Waals surface area contributed by atoms with Gasteiger partial charge in [0.05, 0.1) is 5.52 Å². The molecule has 0 aliphatic rings. The maximum Gasteiger partial charge on any atom is 0.160 e. The molecule has 0 unspecified atom stereocenters. The topological polar surface area (TPSA) is 28.9 Å². The molecule has 5 aromatic carbocycles. The average molecular weight is 462 g/mol. The Bertz CT molecular complexity index is 1810. The Hall–Kier alpha value is -3.56. The number of hydrogen-bond acceptors (Lipinski definition) is 1. The maximum absolute atomic E-state index is 6.40. The van der Waals surface area contributed by atoms with E-state index in [1.165, 1.54) is 38.1 Å². The van der Waals surface area contributed by atoms with Crippen LogP contribution in [0.2, 0.25) is 0 Å². The molecule has 0 bridgehead atoms. The number of hydrogen-bond donors (Lipinski definition) is 1. The SMILES string of the molecule is Brc1cccc(-c2ccc3[nH]c4c5oc6ccccc6c5c5ccccc5c4c3c2)c1. The highest BCUT2D eigenvalue weighted by molar-refractivity contribution is 9.10. The smallest absolute Gasteiger partial charge is 0.160 e. The lowest BCUT2D eigenvalue weighted by molar-refractivity contribution is 0.672. The highest BCUT2D eigenvalue weighted by atomic mass is 79.9. The molecule has 7 aromatic rings. The van der Waals surface area contributed by atoms with Crippen LogP contribution in [0.4, 0.5) is 0 Å². The van der Waals surface area contributed by atoms with Gasteiger partial charge in [-0.1, -0.05) is 76.6 Å². The molecule has 2 nitrogen and oxygen atoms in total. The van der Waals surface area contributed by atoms with Crippen molar-refractivity contribution < 1.29 is 4.42 Å². The number of aromatic nitrogens is 1. The summed E-state index contributed by atoms with van der Waals surface area (Å²) in [4.78, 5) is 3.66. The Balaban J connectivity index is 1.69. The number of rotatable bonds is 1. The molecule has 7 rings (SSSR count). The molecule has 0 fully saturated rings. The van der Waals surface area contributed by atoms with Crippen molar-refractivity contribution in [2.75, 3.05) is 0 Å². The molecule has 0 amide bonds. The van der Waals surface area contributed by atoms with Gasteiger partial charge in [0.15, 0.2) is 5.58 Å². The number of nitrogens with one attached hydrogen (secondary N) is 1. The van der Waals surface area contributed by atoms with Crippen molar-refractivity contribution in [3.05, 3.63) is 95.5 Å². The molecule has 0 spiro atoms. The van der Waals surface area contributed by atoms with Crippen LogP contribution in [-0.4, -0.2) is 4.98 Å². The van der Waals surface area contributed by atoms with Gasteiger partial charge in [-0.05, 0) is 52.2 Å². The molecule has 31 heavy (non-hydrogen) atoms. The number of furan rings is 1. The highest BCUT2D eigenvalue weighted by Gasteiger charge is 2.19. The first-order valence-electron chi connectivity index (χ1n) is 10.3. The number of fused-ring (bicyclic) bond motifs is 10. The molecule has 0 atom stereocenters. The standard InChI is InChI=1S/C28H16BrNO/c29-18-7-5-6-16(14-18)17-12-13-23-22(15-17)25-19-8-1-2-9-20(19)26-21-10-3-4-11-24(21)31-28(26)27(25)30-23/h1-15,30H. The van der Waals surface area contributed by atoms with Gasteiger partial charge in [0.2, 0.25) is 0 Å². The van der Waals surface area contributed by atoms with Gasteiger partial charge in [-0.15, -0.1) is 0 Å². The van der Waals surface area contributed by atoms with E-state index in [-0.39, 0.29) is 0 Å². The van der Waals surface area contributed by atoms with Crippen LogP contribution in [0.15, 0.2) is 99.9 Å². The van der Waals surface area contributed by atoms with Crippen LogP contribution in [0.25, 0.3) is 65.6 Å². The number of halogens is 1. The predicted molar refractivity (Wildman–Crippen MR) is 134 cm³/mol. The van der Waals surface area contributed by atoms with Gasteiger partial charge >= 0.3 is 0 Å². The van der Waals surface area contributed by atoms with E-state index in [0.29, 0.717) is 0 Å². The summed E-state index contributed by atoms with van der Waals surface area (Å²) in [5, 5.41) is 7.24. The summed E-state index contributed by atoms with van der Waals surface area (Å²) in [6, 6.07) is 32.0. The third kappa shape index (κ3) is 2.38. The molecule has 3 heteroatoms. The largest absolute Gasteiger partial charge is 0.454 e. The third-order valence-electron chi connectivity index (χ3n) is 6.24. The monoisotopic (exact) mass is 461 g/mol. The normalized spacial score (nSPS) is 12.0. The summed E-state index contributed by atoms with van der Waals surface area (Å²) >= 11 is 3.60. The van der Waals surface area contributed by atoms with Crippen molar-refractivity contribution in [2.45, 2.75) is 0 Å². The van der Waals surface area contributed by atoms with Gasteiger partial charge in [0.1, 0.15) is 5.58 Å². The molecule has 0 radical (unpaired) electrons. The Morgan fingerprint density at radius 3 is 2.19 bits per heavy atom. The zero-order valence-electron chi connectivity index (χ0n) is 16.4. The van der Waals surface area contributed by atoms with Crippen molar-refractivity contribution in [2.24, 2.45) is 0 Å². The zero-order chi connectivity index (χ0) is 20.5. The van der Waals surface area contributed by atoms with Crippen LogP contribution in [0.5, 0.6) is 0 Å². The Kier molecular flexibility index (Phi) is 3.44. The fourth-order valence-electron chi connectivity index (χ4n) is 4.90. The minimum Gasteiger partial charge on any atom is -0.454 e. The highest BCUT2D eigenvalue weighted by Crippen LogP contribution is 2.43. The number of H-pyrrole nitrogens is 1. The summed E-state index contributed by atoms with van der Waals surface area (Å²) in [5.41, 5.74) is 6.42. The first-order valence-corrected chi connectivity index (χ1v) is 11.1. The fourth-order valence-corrected chi connectivity index (χ4v) is 5.30. The van der Waals surface area contributed by atoms with Gasteiger partial charge in [-0.3, -0.25) is 0 Å². The summed E-state index contributed by atoms with van der Waals surface area (Å²) in [7, 11) is 0. The van der Waals surface area contributed by atoms with Crippen LogP contribution in [0, 0.1) is 0 Å². The van der Waals surface area contributed by atoms with E-state index < -0.39 is 0 Å². The lowest BCUT2D eigenvalue weighted by Crippen LogP contribution is -1.79. The van der Waals surface area contributed by atoms with Crippen molar-refractivity contribution in [3.63, 3.8) is 0 Å². The molecule has 1 N–H and O–H groups in total. The van der Waals surface area contributed by atoms with Gasteiger partial charge < -0.3 is 9.40 Å². The van der Waals surface area contributed by atoms with E-state index in [4.69, 9.17) is 4.42 Å². The fraction of sp³-hybridized carbons (Fsp3) is 0. The van der Waals surface area contributed by atoms with Crippen LogP contribution >= 0.6 is 15.9 Å². The molecule has 2 heterocycles. The van der Waals surface area contributed by atoms with Gasteiger partial charge in [0, 0.05) is 31.5 Å². The molecule has 0 aliphatic carbocycles. The number of aromatic amines is 1. The van der Waals surface area contributed by atoms with Crippen molar-refractivity contribution in [3.8, 4) is 11.1 Å². The summed E-state index contributed by atoms with van der Waals surface area (Å²) in [6.45, 7) is 0. The van der Waals surface area contributed by atoms with Crippen LogP contribution in [0.1, 0.15) is 0 Å². The van der Waals surface area contributed by atoms with Crippen LogP contribution < -0.4 is 0 Å². The van der Waals surface area contributed by atoms with Crippen LogP contribution in [0.3, 0.4) is 0 Å². The van der Waals surface area contributed by atoms with E-state index in [9.17, 15) is 0 Å². The molecule has 0 saturated heterocycles. The van der Waals surface area contributed by atoms with Crippen molar-refractivity contribution in [1.29, 1.82) is 0 Å². The second kappa shape index (κ2) is 6.22. The van der Waals surface area contributed by atoms with E-state index in [0.717, 1.165) is 32.1 Å². The van der Waals surface area contributed by atoms with Gasteiger partial charge in [0.25, 0.3) is 0 Å². The molecule has 0 aliphatic heterocycles. The quantitative estimate of drug-likeness (QED) is 0.260. The molecule has 0 saturated carbocycles. The molecular weight excluding hydrogens is 446 g/mol.